The molecule has 1 saturated heterocycles. The van der Waals surface area contributed by atoms with Gasteiger partial charge in [-0.25, -0.2) is 4.98 Å². The number of nitrogens with zero attached hydrogens (tertiary/aromatic N) is 2. The zero-order chi connectivity index (χ0) is 17.2. The summed E-state index contributed by atoms with van der Waals surface area (Å²) in [5.41, 5.74) is 3.38. The minimum Gasteiger partial charge on any atom is -0.391 e. The first kappa shape index (κ1) is 16.1. The van der Waals surface area contributed by atoms with E-state index in [9.17, 15) is 9.90 Å². The largest absolute Gasteiger partial charge is 0.391 e. The normalized spacial score (nSPS) is 21.2. The van der Waals surface area contributed by atoms with Crippen LogP contribution in [-0.4, -0.2) is 44.2 Å². The van der Waals surface area contributed by atoms with E-state index >= 15 is 0 Å². The molecule has 1 fully saturated rings. The quantitative estimate of drug-likeness (QED) is 0.661. The number of hydrogen-bond donors (Lipinski definition) is 3. The summed E-state index contributed by atoms with van der Waals surface area (Å²) in [6.07, 6.45) is 4.94. The molecule has 3 aromatic rings. The van der Waals surface area contributed by atoms with Gasteiger partial charge in [-0.1, -0.05) is 30.3 Å². The second kappa shape index (κ2) is 6.82. The molecule has 4 rings (SSSR count). The summed E-state index contributed by atoms with van der Waals surface area (Å²) in [5, 5.41) is 10.4. The van der Waals surface area contributed by atoms with Crippen LogP contribution in [0.1, 0.15) is 17.5 Å². The summed E-state index contributed by atoms with van der Waals surface area (Å²) in [7, 11) is 0. The zero-order valence-corrected chi connectivity index (χ0v) is 14.0. The van der Waals surface area contributed by atoms with E-state index in [1.54, 1.807) is 0 Å². The van der Waals surface area contributed by atoms with E-state index in [0.29, 0.717) is 24.1 Å². The van der Waals surface area contributed by atoms with Crippen molar-refractivity contribution in [3.05, 3.63) is 64.3 Å². The monoisotopic (exact) mass is 338 g/mol. The second-order valence-electron chi connectivity index (χ2n) is 6.81. The first-order valence-electron chi connectivity index (χ1n) is 8.68. The van der Waals surface area contributed by atoms with Gasteiger partial charge in [0.05, 0.1) is 17.9 Å². The van der Waals surface area contributed by atoms with Crippen LogP contribution in [0.5, 0.6) is 0 Å². The van der Waals surface area contributed by atoms with Crippen LogP contribution in [0.3, 0.4) is 0 Å². The highest BCUT2D eigenvalue weighted by Crippen LogP contribution is 2.25. The van der Waals surface area contributed by atoms with Crippen LogP contribution >= 0.6 is 0 Å². The number of H-pyrrole nitrogens is 2. The lowest BCUT2D eigenvalue weighted by Crippen LogP contribution is -2.21. The average Bonchev–Trinajstić information content (AvgIpc) is 3.19. The van der Waals surface area contributed by atoms with E-state index in [1.807, 2.05) is 12.3 Å². The summed E-state index contributed by atoms with van der Waals surface area (Å²) in [4.78, 5) is 23.9. The maximum atomic E-state index is 11.8. The Morgan fingerprint density at radius 1 is 1.20 bits per heavy atom. The van der Waals surface area contributed by atoms with Crippen molar-refractivity contribution >= 4 is 11.0 Å². The molecule has 0 saturated carbocycles. The number of hydrogen-bond acceptors (Lipinski definition) is 4. The van der Waals surface area contributed by atoms with Crippen molar-refractivity contribution in [2.45, 2.75) is 25.5 Å². The predicted molar refractivity (Wildman–Crippen MR) is 96.3 cm³/mol. The summed E-state index contributed by atoms with van der Waals surface area (Å²) in [5.74, 6) is 0.279. The number of aliphatic hydroxyl groups excluding tert-OH is 1. The van der Waals surface area contributed by atoms with Crippen molar-refractivity contribution in [1.82, 2.24) is 19.9 Å². The van der Waals surface area contributed by atoms with Gasteiger partial charge in [0.2, 0.25) is 0 Å². The van der Waals surface area contributed by atoms with Crippen molar-refractivity contribution < 1.29 is 5.11 Å². The molecule has 1 aliphatic heterocycles. The number of aryl methyl sites for hydroxylation is 1. The molecule has 3 heterocycles. The number of β-amino-alcohol motifs (C(OH)–C–C–N with tert-alkyl or cyclic N) is 1. The van der Waals surface area contributed by atoms with Gasteiger partial charge in [-0.3, -0.25) is 9.69 Å². The number of likely N-dealkylation sites (tertiary alicyclic amines) is 1. The van der Waals surface area contributed by atoms with E-state index in [1.165, 1.54) is 11.9 Å². The minimum absolute atomic E-state index is 0.154. The Labute approximate surface area is 145 Å². The van der Waals surface area contributed by atoms with Gasteiger partial charge in [0, 0.05) is 31.4 Å². The number of aliphatic hydroxyl groups is 1. The van der Waals surface area contributed by atoms with E-state index in [4.69, 9.17) is 0 Å². The Balaban J connectivity index is 1.41. The van der Waals surface area contributed by atoms with E-state index in [-0.39, 0.29) is 17.6 Å². The highest BCUT2D eigenvalue weighted by molar-refractivity contribution is 5.77. The molecular formula is C19H22N4O2. The molecule has 2 atom stereocenters. The van der Waals surface area contributed by atoms with Gasteiger partial charge in [-0.15, -0.1) is 0 Å². The zero-order valence-electron chi connectivity index (χ0n) is 14.0. The molecule has 2 aromatic heterocycles. The van der Waals surface area contributed by atoms with E-state index in [0.717, 1.165) is 24.9 Å². The molecule has 0 amide bonds. The van der Waals surface area contributed by atoms with Crippen molar-refractivity contribution in [1.29, 1.82) is 0 Å². The molecule has 0 unspecified atom stereocenters. The lowest BCUT2D eigenvalue weighted by molar-refractivity contribution is 0.137. The third-order valence-electron chi connectivity index (χ3n) is 5.07. The number of aromatic amines is 2. The lowest BCUT2D eigenvalue weighted by atomic mass is 9.97. The van der Waals surface area contributed by atoms with Gasteiger partial charge in [-0.2, -0.15) is 0 Å². The van der Waals surface area contributed by atoms with Crippen molar-refractivity contribution in [2.75, 3.05) is 13.1 Å². The molecule has 25 heavy (non-hydrogen) atoms. The highest BCUT2D eigenvalue weighted by atomic mass is 16.3. The van der Waals surface area contributed by atoms with Crippen LogP contribution in [0.2, 0.25) is 0 Å². The predicted octanol–water partition coefficient (Wildman–Crippen LogP) is 1.68. The van der Waals surface area contributed by atoms with Gasteiger partial charge >= 0.3 is 0 Å². The van der Waals surface area contributed by atoms with Crippen LogP contribution in [0.25, 0.3) is 11.0 Å². The summed E-state index contributed by atoms with van der Waals surface area (Å²) >= 11 is 0. The molecule has 130 valence electrons. The summed E-state index contributed by atoms with van der Waals surface area (Å²) in [6.45, 7) is 2.22. The molecule has 1 aliphatic rings. The minimum atomic E-state index is -0.301. The van der Waals surface area contributed by atoms with Crippen LogP contribution in [0.15, 0.2) is 47.7 Å². The molecular weight excluding hydrogens is 316 g/mol. The summed E-state index contributed by atoms with van der Waals surface area (Å²) < 4.78 is 0. The van der Waals surface area contributed by atoms with Crippen LogP contribution in [0, 0.1) is 5.92 Å². The Bertz CT molecular complexity index is 902. The van der Waals surface area contributed by atoms with Crippen molar-refractivity contribution in [3.63, 3.8) is 0 Å². The standard InChI is InChI=1S/C19H22N4O2/c24-16-11-23(9-14(16)7-6-13-4-2-1-3-5-13)10-15-8-20-18-17(15)21-12-22-19(18)25/h1-5,8,12,14,16,20,24H,6-7,9-11H2,(H,21,22,25)/t14-,16+/m0/s1. The Kier molecular flexibility index (Phi) is 4.38. The molecule has 1 aromatic carbocycles. The Hall–Kier alpha value is -2.44. The number of benzene rings is 1. The lowest BCUT2D eigenvalue weighted by Gasteiger charge is -2.15. The topological polar surface area (TPSA) is 85.0 Å². The SMILES string of the molecule is O=c1[nH]cnc2c(CN3C[C@H](CCc4ccccc4)[C@H](O)C3)c[nH]c12. The number of aromatic nitrogens is 3. The van der Waals surface area contributed by atoms with E-state index in [2.05, 4.69) is 44.1 Å². The fourth-order valence-corrected chi connectivity index (χ4v) is 3.72. The molecule has 0 bridgehead atoms. The third kappa shape index (κ3) is 3.36. The molecule has 3 N–H and O–H groups in total. The van der Waals surface area contributed by atoms with Gasteiger partial charge in [0.1, 0.15) is 5.52 Å². The average molecular weight is 338 g/mol. The highest BCUT2D eigenvalue weighted by Gasteiger charge is 2.31. The molecule has 0 radical (unpaired) electrons. The van der Waals surface area contributed by atoms with Crippen LogP contribution in [0.4, 0.5) is 0 Å². The van der Waals surface area contributed by atoms with Crippen molar-refractivity contribution in [2.24, 2.45) is 5.92 Å². The van der Waals surface area contributed by atoms with Gasteiger partial charge < -0.3 is 15.1 Å². The Morgan fingerprint density at radius 2 is 2.04 bits per heavy atom. The number of rotatable bonds is 5. The van der Waals surface area contributed by atoms with Gasteiger partial charge in [0.15, 0.2) is 0 Å². The fourth-order valence-electron chi connectivity index (χ4n) is 3.72. The second-order valence-corrected chi connectivity index (χ2v) is 6.81. The number of nitrogens with one attached hydrogen (secondary N) is 2. The van der Waals surface area contributed by atoms with Crippen molar-refractivity contribution in [3.8, 4) is 0 Å². The third-order valence-corrected chi connectivity index (χ3v) is 5.07. The fraction of sp³-hybridized carbons (Fsp3) is 0.368. The smallest absolute Gasteiger partial charge is 0.275 e. The number of fused-ring (bicyclic) bond motifs is 1. The maximum Gasteiger partial charge on any atom is 0.275 e. The first-order chi connectivity index (χ1) is 12.2. The van der Waals surface area contributed by atoms with E-state index < -0.39 is 0 Å². The first-order valence-corrected chi connectivity index (χ1v) is 8.68. The Morgan fingerprint density at radius 3 is 2.88 bits per heavy atom. The molecule has 0 spiro atoms. The van der Waals surface area contributed by atoms with Gasteiger partial charge in [-0.05, 0) is 24.3 Å². The van der Waals surface area contributed by atoms with Gasteiger partial charge in [0.25, 0.3) is 5.56 Å². The van der Waals surface area contributed by atoms with Crippen LogP contribution in [-0.2, 0) is 13.0 Å². The molecule has 6 heteroatoms. The van der Waals surface area contributed by atoms with Crippen LogP contribution < -0.4 is 5.56 Å². The molecule has 6 nitrogen and oxygen atoms in total. The molecule has 0 aliphatic carbocycles. The summed E-state index contributed by atoms with van der Waals surface area (Å²) in [6, 6.07) is 10.4. The maximum absolute atomic E-state index is 11.8.